The standard InChI is InChI=1S/C31H44F3N3O6.ClH/c1-21(2)22(19-36-28(39)24-14-8-9-15-27(24)43-17-11-10-16-41-3)18-25(35)26(38)20-37-29(40)30(42-4,31(32,33)34)23-12-6-5-7-13-23;/h5-9,12-15,21-22,25-26,38H,10-11,16-20,35H2,1-4H3,(H,36,39)(H,37,40);1H. The number of halogens is 4. The van der Waals surface area contributed by atoms with Crippen LogP contribution in [0.3, 0.4) is 0 Å². The molecule has 0 aliphatic heterocycles. The summed E-state index contributed by atoms with van der Waals surface area (Å²) in [6.45, 7) is 4.64. The topological polar surface area (TPSA) is 132 Å². The van der Waals surface area contributed by atoms with Gasteiger partial charge in [0.15, 0.2) is 0 Å². The maximum absolute atomic E-state index is 14.1. The maximum Gasteiger partial charge on any atom is 0.430 e. The van der Waals surface area contributed by atoms with Gasteiger partial charge in [0, 0.05) is 45.5 Å². The molecule has 5 N–H and O–H groups in total. The number of hydrogen-bond acceptors (Lipinski definition) is 7. The Balaban J connectivity index is 0.00000968. The van der Waals surface area contributed by atoms with Gasteiger partial charge in [-0.05, 0) is 43.2 Å². The van der Waals surface area contributed by atoms with Crippen molar-refractivity contribution in [1.29, 1.82) is 0 Å². The molecule has 2 rings (SSSR count). The Labute approximate surface area is 263 Å². The van der Waals surface area contributed by atoms with Crippen molar-refractivity contribution < 1.29 is 42.1 Å². The van der Waals surface area contributed by atoms with Crippen molar-refractivity contribution in [3.8, 4) is 5.75 Å². The lowest BCUT2D eigenvalue weighted by atomic mass is 9.87. The molecule has 2 aromatic rings. The SMILES string of the molecule is COCCCCOc1ccccc1C(=O)NCC(CC(N)C(O)CNC(=O)C(OC)(c1ccccc1)C(F)(F)F)C(C)C.Cl. The Morgan fingerprint density at radius 2 is 1.55 bits per heavy atom. The molecular formula is C31H45ClF3N3O6. The minimum atomic E-state index is -5.07. The van der Waals surface area contributed by atoms with E-state index in [-0.39, 0.29) is 43.1 Å². The van der Waals surface area contributed by atoms with E-state index in [0.717, 1.165) is 32.1 Å². The van der Waals surface area contributed by atoms with Gasteiger partial charge in [0.25, 0.3) is 17.4 Å². The number of hydrogen-bond donors (Lipinski definition) is 4. The average Bonchev–Trinajstić information content (AvgIpc) is 2.98. The minimum Gasteiger partial charge on any atom is -0.493 e. The molecule has 0 bridgehead atoms. The molecule has 0 radical (unpaired) electrons. The number of amides is 2. The molecule has 2 aromatic carbocycles. The van der Waals surface area contributed by atoms with Gasteiger partial charge in [0.1, 0.15) is 5.75 Å². The zero-order chi connectivity index (χ0) is 32.0. The molecule has 0 heterocycles. The number of ether oxygens (including phenoxy) is 3. The van der Waals surface area contributed by atoms with Crippen LogP contribution in [0.5, 0.6) is 5.75 Å². The number of unbranched alkanes of at least 4 members (excludes halogenated alkanes) is 1. The lowest BCUT2D eigenvalue weighted by Gasteiger charge is -2.34. The highest BCUT2D eigenvalue weighted by atomic mass is 35.5. The number of methoxy groups -OCH3 is 2. The highest BCUT2D eigenvalue weighted by Gasteiger charge is 2.62. The molecule has 0 saturated carbocycles. The maximum atomic E-state index is 14.1. The molecule has 9 nitrogen and oxygen atoms in total. The van der Waals surface area contributed by atoms with E-state index < -0.39 is 41.9 Å². The summed E-state index contributed by atoms with van der Waals surface area (Å²) in [5.74, 6) is -1.47. The minimum absolute atomic E-state index is 0. The van der Waals surface area contributed by atoms with Crippen molar-refractivity contribution >= 4 is 24.2 Å². The summed E-state index contributed by atoms with van der Waals surface area (Å²) in [6.07, 6.45) is -4.59. The Bertz CT molecular complexity index is 1140. The average molecular weight is 648 g/mol. The van der Waals surface area contributed by atoms with Gasteiger partial charge in [-0.15, -0.1) is 12.4 Å². The molecule has 4 unspecified atom stereocenters. The highest BCUT2D eigenvalue weighted by molar-refractivity contribution is 5.96. The Kier molecular flexibility index (Phi) is 16.7. The van der Waals surface area contributed by atoms with Crippen LogP contribution in [0, 0.1) is 11.8 Å². The summed E-state index contributed by atoms with van der Waals surface area (Å²) in [5.41, 5.74) is 2.95. The summed E-state index contributed by atoms with van der Waals surface area (Å²) in [5, 5.41) is 15.7. The fourth-order valence-corrected chi connectivity index (χ4v) is 4.62. The molecule has 0 spiro atoms. The van der Waals surface area contributed by atoms with Crippen LogP contribution in [-0.4, -0.2) is 75.8 Å². The van der Waals surface area contributed by atoms with Crippen molar-refractivity contribution in [2.45, 2.75) is 57.0 Å². The Morgan fingerprint density at radius 3 is 2.14 bits per heavy atom. The van der Waals surface area contributed by atoms with Crippen LogP contribution >= 0.6 is 12.4 Å². The molecule has 0 saturated heterocycles. The first-order valence-corrected chi connectivity index (χ1v) is 14.3. The van der Waals surface area contributed by atoms with Crippen molar-refractivity contribution in [2.24, 2.45) is 17.6 Å². The predicted octanol–water partition coefficient (Wildman–Crippen LogP) is 4.21. The number of aliphatic hydroxyl groups is 1. The Hall–Kier alpha value is -2.90. The molecule has 0 aromatic heterocycles. The molecule has 0 aliphatic carbocycles. The number of carbonyl (C=O) groups is 2. The second-order valence-electron chi connectivity index (χ2n) is 10.7. The van der Waals surface area contributed by atoms with Crippen LogP contribution in [-0.2, 0) is 19.9 Å². The molecule has 44 heavy (non-hydrogen) atoms. The van der Waals surface area contributed by atoms with Crippen LogP contribution in [0.1, 0.15) is 49.0 Å². The van der Waals surface area contributed by atoms with E-state index in [2.05, 4.69) is 10.6 Å². The molecule has 0 fully saturated rings. The van der Waals surface area contributed by atoms with Gasteiger partial charge < -0.3 is 35.7 Å². The molecular weight excluding hydrogens is 603 g/mol. The van der Waals surface area contributed by atoms with E-state index in [4.69, 9.17) is 19.9 Å². The zero-order valence-electron chi connectivity index (χ0n) is 25.6. The van der Waals surface area contributed by atoms with Crippen molar-refractivity contribution in [1.82, 2.24) is 10.6 Å². The summed E-state index contributed by atoms with van der Waals surface area (Å²) in [6, 6.07) is 12.6. The molecule has 248 valence electrons. The first kappa shape index (κ1) is 39.1. The van der Waals surface area contributed by atoms with Crippen molar-refractivity contribution in [3.63, 3.8) is 0 Å². The van der Waals surface area contributed by atoms with Gasteiger partial charge in [-0.3, -0.25) is 9.59 Å². The summed E-state index contributed by atoms with van der Waals surface area (Å²) in [4.78, 5) is 25.9. The van der Waals surface area contributed by atoms with Crippen LogP contribution in [0.25, 0.3) is 0 Å². The summed E-state index contributed by atoms with van der Waals surface area (Å²) >= 11 is 0. The van der Waals surface area contributed by atoms with E-state index in [0.29, 0.717) is 24.5 Å². The Morgan fingerprint density at radius 1 is 0.932 bits per heavy atom. The quantitative estimate of drug-likeness (QED) is 0.178. The van der Waals surface area contributed by atoms with Crippen LogP contribution in [0.2, 0.25) is 0 Å². The summed E-state index contributed by atoms with van der Waals surface area (Å²) in [7, 11) is 2.43. The van der Waals surface area contributed by atoms with Gasteiger partial charge in [-0.1, -0.05) is 56.3 Å². The van der Waals surface area contributed by atoms with E-state index in [1.165, 1.54) is 18.2 Å². The third-order valence-electron chi connectivity index (χ3n) is 7.35. The number of para-hydroxylation sites is 1. The number of aliphatic hydroxyl groups excluding tert-OH is 1. The predicted molar refractivity (Wildman–Crippen MR) is 164 cm³/mol. The molecule has 2 amide bonds. The molecule has 4 atom stereocenters. The zero-order valence-corrected chi connectivity index (χ0v) is 26.4. The molecule has 13 heteroatoms. The largest absolute Gasteiger partial charge is 0.493 e. The van der Waals surface area contributed by atoms with Gasteiger partial charge in [-0.2, -0.15) is 13.2 Å². The number of alkyl halides is 3. The number of nitrogens with two attached hydrogens (primary N) is 1. The lowest BCUT2D eigenvalue weighted by Crippen LogP contribution is -2.57. The fraction of sp³-hybridized carbons (Fsp3) is 0.548. The third kappa shape index (κ3) is 10.6. The van der Waals surface area contributed by atoms with Gasteiger partial charge in [0.2, 0.25) is 0 Å². The van der Waals surface area contributed by atoms with Gasteiger partial charge >= 0.3 is 6.18 Å². The van der Waals surface area contributed by atoms with E-state index in [1.807, 2.05) is 13.8 Å². The van der Waals surface area contributed by atoms with E-state index in [1.54, 1.807) is 31.4 Å². The molecule has 0 aliphatic rings. The summed E-state index contributed by atoms with van der Waals surface area (Å²) < 4.78 is 58.0. The van der Waals surface area contributed by atoms with Gasteiger partial charge in [0.05, 0.1) is 18.3 Å². The van der Waals surface area contributed by atoms with Crippen LogP contribution in [0.15, 0.2) is 54.6 Å². The first-order chi connectivity index (χ1) is 20.4. The number of carbonyl (C=O) groups excluding carboxylic acids is 2. The number of nitrogens with one attached hydrogen (secondary N) is 2. The van der Waals surface area contributed by atoms with Crippen LogP contribution < -0.4 is 21.1 Å². The highest BCUT2D eigenvalue weighted by Crippen LogP contribution is 2.42. The third-order valence-corrected chi connectivity index (χ3v) is 7.35. The van der Waals surface area contributed by atoms with E-state index in [9.17, 15) is 27.9 Å². The fourth-order valence-electron chi connectivity index (χ4n) is 4.62. The smallest absolute Gasteiger partial charge is 0.430 e. The second-order valence-corrected chi connectivity index (χ2v) is 10.7. The van der Waals surface area contributed by atoms with Crippen LogP contribution in [0.4, 0.5) is 13.2 Å². The van der Waals surface area contributed by atoms with Crippen molar-refractivity contribution in [3.05, 3.63) is 65.7 Å². The van der Waals surface area contributed by atoms with E-state index >= 15 is 0 Å². The lowest BCUT2D eigenvalue weighted by molar-refractivity contribution is -0.265. The number of benzene rings is 2. The monoisotopic (exact) mass is 647 g/mol. The van der Waals surface area contributed by atoms with Crippen molar-refractivity contribution in [2.75, 3.05) is 40.5 Å². The number of rotatable bonds is 18. The van der Waals surface area contributed by atoms with Gasteiger partial charge in [-0.25, -0.2) is 0 Å². The normalized spacial score (nSPS) is 15.0. The first-order valence-electron chi connectivity index (χ1n) is 14.3. The second kappa shape index (κ2) is 18.8.